The summed E-state index contributed by atoms with van der Waals surface area (Å²) >= 11 is 0. The van der Waals surface area contributed by atoms with Gasteiger partial charge in [0.05, 0.1) is 12.0 Å². The fourth-order valence-corrected chi connectivity index (χ4v) is 3.21. The van der Waals surface area contributed by atoms with Gasteiger partial charge in [-0.25, -0.2) is 4.79 Å². The van der Waals surface area contributed by atoms with Crippen LogP contribution in [0.4, 0.5) is 5.69 Å². The number of nitro groups is 1. The van der Waals surface area contributed by atoms with Gasteiger partial charge < -0.3 is 14.6 Å². The molecule has 25 heavy (non-hydrogen) atoms. The van der Waals surface area contributed by atoms with Gasteiger partial charge in [-0.3, -0.25) is 10.1 Å². The molecule has 3 rings (SSSR count). The Morgan fingerprint density at radius 3 is 2.60 bits per heavy atom. The Hall–Kier alpha value is -3.09. The zero-order valence-electron chi connectivity index (χ0n) is 13.9. The first-order chi connectivity index (χ1) is 11.9. The van der Waals surface area contributed by atoms with E-state index in [-0.39, 0.29) is 21.9 Å². The van der Waals surface area contributed by atoms with Gasteiger partial charge in [0, 0.05) is 17.2 Å². The fraction of sp³-hybridized carbons (Fsp3) is 0.278. The highest BCUT2D eigenvalue weighted by Gasteiger charge is 2.27. The number of aromatic carboxylic acids is 1. The van der Waals surface area contributed by atoms with Crippen molar-refractivity contribution in [2.75, 3.05) is 7.11 Å². The Kier molecular flexibility index (Phi) is 4.31. The monoisotopic (exact) mass is 343 g/mol. The normalized spacial score (nSPS) is 12.6. The van der Waals surface area contributed by atoms with Crippen molar-refractivity contribution in [1.29, 1.82) is 0 Å². The first kappa shape index (κ1) is 16.8. The summed E-state index contributed by atoms with van der Waals surface area (Å²) in [5, 5.41) is 20.5. The molecule has 0 fully saturated rings. The number of carboxylic acid groups (broad SMARTS) is 1. The second kappa shape index (κ2) is 6.43. The van der Waals surface area contributed by atoms with Gasteiger partial charge in [0.25, 0.3) is 5.69 Å². The van der Waals surface area contributed by atoms with Crippen LogP contribution in [-0.4, -0.2) is 23.1 Å². The molecule has 1 N–H and O–H groups in total. The first-order valence-electron chi connectivity index (χ1n) is 7.81. The van der Waals surface area contributed by atoms with Gasteiger partial charge in [-0.05, 0) is 49.9 Å². The summed E-state index contributed by atoms with van der Waals surface area (Å²) in [6, 6.07) is 6.05. The number of rotatable bonds is 5. The number of nitro benzene ring substituents is 1. The number of methoxy groups -OCH3 is 1. The van der Waals surface area contributed by atoms with E-state index in [0.29, 0.717) is 35.5 Å². The van der Waals surface area contributed by atoms with Crippen molar-refractivity contribution < 1.29 is 24.3 Å². The average Bonchev–Trinajstić information content (AvgIpc) is 3.06. The highest BCUT2D eigenvalue weighted by atomic mass is 16.6. The molecule has 0 spiro atoms. The van der Waals surface area contributed by atoms with E-state index in [4.69, 9.17) is 9.47 Å². The molecule has 0 unspecified atom stereocenters. The molecule has 7 nitrogen and oxygen atoms in total. The molecule has 0 aliphatic heterocycles. The predicted molar refractivity (Wildman–Crippen MR) is 89.9 cm³/mol. The smallest absolute Gasteiger partial charge is 0.339 e. The Labute approximate surface area is 144 Å². The molecule has 0 atom stereocenters. The van der Waals surface area contributed by atoms with Crippen LogP contribution in [0.15, 0.2) is 24.3 Å². The van der Waals surface area contributed by atoms with E-state index in [1.54, 1.807) is 13.0 Å². The zero-order chi connectivity index (χ0) is 18.1. The van der Waals surface area contributed by atoms with Crippen molar-refractivity contribution in [2.45, 2.75) is 26.2 Å². The molecule has 0 amide bonds. The van der Waals surface area contributed by atoms with Gasteiger partial charge in [0.2, 0.25) is 0 Å². The number of fused-ring (bicyclic) bond motifs is 1. The zero-order valence-corrected chi connectivity index (χ0v) is 13.9. The summed E-state index contributed by atoms with van der Waals surface area (Å²) in [6.45, 7) is 1.75. The molecule has 0 saturated carbocycles. The third kappa shape index (κ3) is 3.00. The summed E-state index contributed by atoms with van der Waals surface area (Å²) in [5.74, 6) is 0.0438. The van der Waals surface area contributed by atoms with Crippen molar-refractivity contribution in [3.8, 4) is 17.2 Å². The second-order valence-corrected chi connectivity index (χ2v) is 5.88. The van der Waals surface area contributed by atoms with E-state index in [1.807, 2.05) is 0 Å². The molecule has 0 saturated heterocycles. The lowest BCUT2D eigenvalue weighted by atomic mass is 10.0. The Bertz CT molecular complexity index is 874. The van der Waals surface area contributed by atoms with Crippen LogP contribution >= 0.6 is 0 Å². The third-order valence-electron chi connectivity index (χ3n) is 4.33. The van der Waals surface area contributed by atoms with Crippen molar-refractivity contribution in [1.82, 2.24) is 0 Å². The van der Waals surface area contributed by atoms with Crippen molar-refractivity contribution in [3.05, 3.63) is 56.6 Å². The van der Waals surface area contributed by atoms with E-state index in [9.17, 15) is 20.0 Å². The number of hydrogen-bond donors (Lipinski definition) is 1. The maximum atomic E-state index is 11.3. The maximum absolute atomic E-state index is 11.3. The third-order valence-corrected chi connectivity index (χ3v) is 4.33. The lowest BCUT2D eigenvalue weighted by Crippen LogP contribution is -2.02. The van der Waals surface area contributed by atoms with Gasteiger partial charge in [-0.2, -0.15) is 0 Å². The number of carbonyl (C=O) groups is 1. The van der Waals surface area contributed by atoms with Crippen LogP contribution in [-0.2, 0) is 12.8 Å². The van der Waals surface area contributed by atoms with E-state index in [0.717, 1.165) is 12.0 Å². The standard InChI is InChI=1S/C18H17NO6/c1-10-8-15(19(22)23)12-4-3-5-13(12)17(10)25-11-6-7-16(24-2)14(9-11)18(20)21/h6-9H,3-5H2,1-2H3,(H,20,21). The highest BCUT2D eigenvalue weighted by Crippen LogP contribution is 2.41. The van der Waals surface area contributed by atoms with E-state index < -0.39 is 5.97 Å². The molecule has 0 radical (unpaired) electrons. The van der Waals surface area contributed by atoms with Crippen molar-refractivity contribution >= 4 is 11.7 Å². The Morgan fingerprint density at radius 2 is 1.96 bits per heavy atom. The van der Waals surface area contributed by atoms with Crippen LogP contribution in [0.3, 0.4) is 0 Å². The van der Waals surface area contributed by atoms with Gasteiger partial charge in [0.1, 0.15) is 22.8 Å². The average molecular weight is 343 g/mol. The number of aryl methyl sites for hydroxylation is 1. The van der Waals surface area contributed by atoms with E-state index >= 15 is 0 Å². The first-order valence-corrected chi connectivity index (χ1v) is 7.81. The van der Waals surface area contributed by atoms with Crippen molar-refractivity contribution in [3.63, 3.8) is 0 Å². The van der Waals surface area contributed by atoms with Gasteiger partial charge in [-0.1, -0.05) is 0 Å². The van der Waals surface area contributed by atoms with Gasteiger partial charge >= 0.3 is 5.97 Å². The quantitative estimate of drug-likeness (QED) is 0.653. The van der Waals surface area contributed by atoms with Crippen LogP contribution in [0.2, 0.25) is 0 Å². The van der Waals surface area contributed by atoms with Gasteiger partial charge in [0.15, 0.2) is 0 Å². The number of benzene rings is 2. The van der Waals surface area contributed by atoms with Crippen LogP contribution in [0, 0.1) is 17.0 Å². The largest absolute Gasteiger partial charge is 0.496 e. The minimum atomic E-state index is -1.12. The fourth-order valence-electron chi connectivity index (χ4n) is 3.21. The SMILES string of the molecule is COc1ccc(Oc2c(C)cc([N+](=O)[O-])c3c2CCC3)cc1C(=O)O. The summed E-state index contributed by atoms with van der Waals surface area (Å²) in [6.07, 6.45) is 2.18. The molecule has 130 valence electrons. The summed E-state index contributed by atoms with van der Waals surface area (Å²) < 4.78 is 11.0. The molecule has 2 aromatic carbocycles. The number of carboxylic acids is 1. The molecule has 7 heteroatoms. The predicted octanol–water partition coefficient (Wildman–Crippen LogP) is 3.89. The molecule has 1 aliphatic rings. The highest BCUT2D eigenvalue weighted by molar-refractivity contribution is 5.91. The Balaban J connectivity index is 2.05. The number of nitrogens with zero attached hydrogens (tertiary/aromatic N) is 1. The number of hydrogen-bond acceptors (Lipinski definition) is 5. The van der Waals surface area contributed by atoms with Crippen molar-refractivity contribution in [2.24, 2.45) is 0 Å². The maximum Gasteiger partial charge on any atom is 0.339 e. The molecule has 1 aliphatic carbocycles. The number of ether oxygens (including phenoxy) is 2. The van der Waals surface area contributed by atoms with Crippen LogP contribution in [0.25, 0.3) is 0 Å². The lowest BCUT2D eigenvalue weighted by Gasteiger charge is -2.15. The van der Waals surface area contributed by atoms with E-state index in [2.05, 4.69) is 0 Å². The lowest BCUT2D eigenvalue weighted by molar-refractivity contribution is -0.385. The molecular weight excluding hydrogens is 326 g/mol. The Morgan fingerprint density at radius 1 is 1.24 bits per heavy atom. The minimum absolute atomic E-state index is 0.00351. The molecule has 0 bridgehead atoms. The van der Waals surface area contributed by atoms with E-state index in [1.165, 1.54) is 25.3 Å². The van der Waals surface area contributed by atoms with Crippen LogP contribution < -0.4 is 9.47 Å². The molecule has 0 heterocycles. The summed E-state index contributed by atoms with van der Waals surface area (Å²) in [7, 11) is 1.40. The molecule has 2 aromatic rings. The summed E-state index contributed by atoms with van der Waals surface area (Å²) in [4.78, 5) is 22.2. The second-order valence-electron chi connectivity index (χ2n) is 5.88. The molecular formula is C18H17NO6. The summed E-state index contributed by atoms with van der Waals surface area (Å²) in [5.41, 5.74) is 2.31. The van der Waals surface area contributed by atoms with Crippen LogP contribution in [0.5, 0.6) is 17.2 Å². The molecule has 0 aromatic heterocycles. The minimum Gasteiger partial charge on any atom is -0.496 e. The topological polar surface area (TPSA) is 98.9 Å². The van der Waals surface area contributed by atoms with Crippen LogP contribution in [0.1, 0.15) is 33.5 Å². The van der Waals surface area contributed by atoms with Gasteiger partial charge in [-0.15, -0.1) is 0 Å².